The van der Waals surface area contributed by atoms with E-state index in [9.17, 15) is 0 Å². The van der Waals surface area contributed by atoms with Crippen molar-refractivity contribution >= 4 is 10.8 Å². The van der Waals surface area contributed by atoms with E-state index in [1.165, 1.54) is 22.0 Å². The first kappa shape index (κ1) is 21.0. The second-order valence-corrected chi connectivity index (χ2v) is 7.78. The molecule has 1 aromatic heterocycles. The summed E-state index contributed by atoms with van der Waals surface area (Å²) in [6.07, 6.45) is 4.99. The molecular weight excluding hydrogens is 384 g/mol. The van der Waals surface area contributed by atoms with Crippen LogP contribution in [-0.4, -0.2) is 24.0 Å². The van der Waals surface area contributed by atoms with Crippen molar-refractivity contribution in [3.63, 3.8) is 0 Å². The summed E-state index contributed by atoms with van der Waals surface area (Å²) in [5.41, 5.74) is 5.80. The summed E-state index contributed by atoms with van der Waals surface area (Å²) < 4.78 is 13.8. The van der Waals surface area contributed by atoms with Crippen LogP contribution in [0.25, 0.3) is 21.9 Å². The molecule has 4 rings (SSSR count). The summed E-state index contributed by atoms with van der Waals surface area (Å²) in [6, 6.07) is 19.3. The Morgan fingerprint density at radius 3 is 2.26 bits per heavy atom. The predicted molar refractivity (Wildman–Crippen MR) is 127 cm³/mol. The molecule has 0 spiro atoms. The Morgan fingerprint density at radius 1 is 0.871 bits per heavy atom. The summed E-state index contributed by atoms with van der Waals surface area (Å²) in [5, 5.41) is 6.99. The van der Waals surface area contributed by atoms with Gasteiger partial charge in [0.1, 0.15) is 11.5 Å². The second kappa shape index (κ2) is 9.25. The number of hydrogen-bond donors (Lipinski definition) is 0. The third-order valence-electron chi connectivity index (χ3n) is 5.87. The fraction of sp³-hybridized carbons (Fsp3) is 0.296. The molecule has 31 heavy (non-hydrogen) atoms. The fourth-order valence-corrected chi connectivity index (χ4v) is 4.38. The number of benzene rings is 3. The number of nitrogens with zero attached hydrogens (tertiary/aromatic N) is 2. The lowest BCUT2D eigenvalue weighted by atomic mass is 9.92. The van der Waals surface area contributed by atoms with Crippen LogP contribution in [0, 0.1) is 0 Å². The van der Waals surface area contributed by atoms with Gasteiger partial charge in [0.2, 0.25) is 0 Å². The largest absolute Gasteiger partial charge is 0.496 e. The number of aromatic nitrogens is 2. The van der Waals surface area contributed by atoms with Crippen LogP contribution in [0.1, 0.15) is 37.1 Å². The van der Waals surface area contributed by atoms with Crippen LogP contribution in [0.4, 0.5) is 0 Å². The first-order valence-electron chi connectivity index (χ1n) is 11.0. The number of aryl methyl sites for hydroxylation is 2. The molecule has 0 amide bonds. The van der Waals surface area contributed by atoms with Gasteiger partial charge in [0, 0.05) is 11.9 Å². The van der Waals surface area contributed by atoms with E-state index in [1.807, 2.05) is 10.9 Å². The molecule has 0 bridgehead atoms. The lowest BCUT2D eigenvalue weighted by Crippen LogP contribution is -2.06. The Hall–Kier alpha value is -3.27. The molecule has 0 aliphatic rings. The van der Waals surface area contributed by atoms with Gasteiger partial charge in [0.25, 0.3) is 0 Å². The molecule has 0 aliphatic heterocycles. The van der Waals surface area contributed by atoms with E-state index >= 15 is 0 Å². The Labute approximate surface area is 184 Å². The maximum Gasteiger partial charge on any atom is 0.130 e. The molecule has 1 heterocycles. The molecule has 160 valence electrons. The third kappa shape index (κ3) is 4.02. The van der Waals surface area contributed by atoms with Crippen molar-refractivity contribution in [2.75, 3.05) is 14.2 Å². The topological polar surface area (TPSA) is 36.3 Å². The average Bonchev–Trinajstić information content (AvgIpc) is 3.25. The van der Waals surface area contributed by atoms with Crippen molar-refractivity contribution in [2.24, 2.45) is 0 Å². The van der Waals surface area contributed by atoms with Crippen LogP contribution in [0.3, 0.4) is 0 Å². The maximum atomic E-state index is 5.88. The molecule has 3 aromatic carbocycles. The van der Waals surface area contributed by atoms with Gasteiger partial charge in [-0.3, -0.25) is 4.68 Å². The van der Waals surface area contributed by atoms with Gasteiger partial charge in [-0.1, -0.05) is 56.7 Å². The summed E-state index contributed by atoms with van der Waals surface area (Å²) in [6.45, 7) is 5.04. The number of methoxy groups -OCH3 is 2. The molecule has 0 fully saturated rings. The smallest absolute Gasteiger partial charge is 0.130 e. The van der Waals surface area contributed by atoms with Gasteiger partial charge >= 0.3 is 0 Å². The summed E-state index contributed by atoms with van der Waals surface area (Å²) in [4.78, 5) is 0. The van der Waals surface area contributed by atoms with Gasteiger partial charge in [0.05, 0.1) is 26.3 Å². The minimum absolute atomic E-state index is 0.680. The van der Waals surface area contributed by atoms with Crippen LogP contribution in [0.5, 0.6) is 11.5 Å². The standard InChI is InChI=1S/C27H30N2O2/c1-5-9-20-10-7-12-23-22(20)11-8-13-24(23)27-25(30-3)16-19(17-26(27)31-4)18-29-21(6-2)14-15-28-29/h7-8,10-17H,5-6,9,18H2,1-4H3. The number of fused-ring (bicyclic) bond motifs is 1. The van der Waals surface area contributed by atoms with Crippen molar-refractivity contribution in [2.45, 2.75) is 39.7 Å². The maximum absolute atomic E-state index is 5.88. The molecule has 0 unspecified atom stereocenters. The molecule has 4 aromatic rings. The van der Waals surface area contributed by atoms with E-state index in [-0.39, 0.29) is 0 Å². The highest BCUT2D eigenvalue weighted by Crippen LogP contribution is 2.43. The van der Waals surface area contributed by atoms with E-state index < -0.39 is 0 Å². The van der Waals surface area contributed by atoms with Crippen LogP contribution < -0.4 is 9.47 Å². The minimum atomic E-state index is 0.680. The lowest BCUT2D eigenvalue weighted by molar-refractivity contribution is 0.396. The zero-order chi connectivity index (χ0) is 21.8. The van der Waals surface area contributed by atoms with E-state index in [0.29, 0.717) is 6.54 Å². The van der Waals surface area contributed by atoms with Crippen molar-refractivity contribution in [1.82, 2.24) is 9.78 Å². The van der Waals surface area contributed by atoms with E-state index in [1.54, 1.807) is 14.2 Å². The highest BCUT2D eigenvalue weighted by Gasteiger charge is 2.18. The summed E-state index contributed by atoms with van der Waals surface area (Å²) >= 11 is 0. The predicted octanol–water partition coefficient (Wildman–Crippen LogP) is 6.28. The van der Waals surface area contributed by atoms with Crippen molar-refractivity contribution in [3.8, 4) is 22.6 Å². The summed E-state index contributed by atoms with van der Waals surface area (Å²) in [5.74, 6) is 1.63. The highest BCUT2D eigenvalue weighted by atomic mass is 16.5. The third-order valence-corrected chi connectivity index (χ3v) is 5.87. The van der Waals surface area contributed by atoms with E-state index in [2.05, 4.69) is 73.5 Å². The molecule has 4 nitrogen and oxygen atoms in total. The zero-order valence-electron chi connectivity index (χ0n) is 18.8. The minimum Gasteiger partial charge on any atom is -0.496 e. The fourth-order valence-electron chi connectivity index (χ4n) is 4.38. The van der Waals surface area contributed by atoms with Gasteiger partial charge < -0.3 is 9.47 Å². The van der Waals surface area contributed by atoms with Gasteiger partial charge in [-0.15, -0.1) is 0 Å². The molecular formula is C27H30N2O2. The van der Waals surface area contributed by atoms with Crippen molar-refractivity contribution in [3.05, 3.63) is 77.6 Å². The summed E-state index contributed by atoms with van der Waals surface area (Å²) in [7, 11) is 3.45. The van der Waals surface area contributed by atoms with Crippen LogP contribution in [0.2, 0.25) is 0 Å². The van der Waals surface area contributed by atoms with Crippen LogP contribution in [-0.2, 0) is 19.4 Å². The van der Waals surface area contributed by atoms with Crippen molar-refractivity contribution in [1.29, 1.82) is 0 Å². The molecule has 0 N–H and O–H groups in total. The van der Waals surface area contributed by atoms with Crippen LogP contribution in [0.15, 0.2) is 60.8 Å². The quantitative estimate of drug-likeness (QED) is 0.340. The Morgan fingerprint density at radius 2 is 1.58 bits per heavy atom. The van der Waals surface area contributed by atoms with Crippen molar-refractivity contribution < 1.29 is 9.47 Å². The number of ether oxygens (including phenoxy) is 2. The first-order valence-corrected chi connectivity index (χ1v) is 11.0. The molecule has 0 aliphatic carbocycles. The monoisotopic (exact) mass is 414 g/mol. The second-order valence-electron chi connectivity index (χ2n) is 7.78. The molecule has 0 saturated carbocycles. The molecule has 0 radical (unpaired) electrons. The highest BCUT2D eigenvalue weighted by molar-refractivity contribution is 6.01. The SMILES string of the molecule is CCCc1cccc2c(-c3c(OC)cc(Cn4nccc4CC)cc3OC)cccc12. The Kier molecular flexibility index (Phi) is 6.26. The average molecular weight is 415 g/mol. The first-order chi connectivity index (χ1) is 15.2. The van der Waals surface area contributed by atoms with Crippen LogP contribution >= 0.6 is 0 Å². The van der Waals surface area contributed by atoms with E-state index in [0.717, 1.165) is 47.5 Å². The molecule has 0 saturated heterocycles. The zero-order valence-corrected chi connectivity index (χ0v) is 18.8. The Bertz CT molecular complexity index is 1170. The van der Waals surface area contributed by atoms with Gasteiger partial charge in [0.15, 0.2) is 0 Å². The van der Waals surface area contributed by atoms with Gasteiger partial charge in [-0.2, -0.15) is 5.10 Å². The molecule has 4 heteroatoms. The number of hydrogen-bond acceptors (Lipinski definition) is 3. The molecule has 0 atom stereocenters. The van der Waals surface area contributed by atoms with E-state index in [4.69, 9.17) is 9.47 Å². The Balaban J connectivity index is 1.86. The lowest BCUT2D eigenvalue weighted by Gasteiger charge is -2.18. The van der Waals surface area contributed by atoms with Gasteiger partial charge in [-0.05, 0) is 58.5 Å². The normalized spacial score (nSPS) is 11.1. The number of rotatable bonds is 8. The van der Waals surface area contributed by atoms with Gasteiger partial charge in [-0.25, -0.2) is 0 Å².